The van der Waals surface area contributed by atoms with Gasteiger partial charge in [-0.25, -0.2) is 0 Å². The average molecular weight is 188 g/mol. The Balaban J connectivity index is 2.40. The van der Waals surface area contributed by atoms with Crippen molar-refractivity contribution in [3.8, 4) is 0 Å². The molecule has 4 heteroatoms. The van der Waals surface area contributed by atoms with E-state index >= 15 is 0 Å². The highest BCUT2D eigenvalue weighted by Gasteiger charge is 2.32. The van der Waals surface area contributed by atoms with Gasteiger partial charge in [-0.3, -0.25) is 4.90 Å². The number of nitrogens with two attached hydrogens (primary N) is 1. The molecule has 1 rings (SSSR count). The highest BCUT2D eigenvalue weighted by atomic mass is 32.1. The molecule has 0 bridgehead atoms. The normalized spacial score (nSPS) is 30.8. The van der Waals surface area contributed by atoms with Crippen LogP contribution in [-0.4, -0.2) is 41.2 Å². The minimum Gasteiger partial charge on any atom is -0.396 e. The van der Waals surface area contributed by atoms with Gasteiger partial charge in [-0.1, -0.05) is 19.1 Å². The average Bonchev–Trinajstić information content (AvgIpc) is 2.32. The van der Waals surface area contributed by atoms with Crippen molar-refractivity contribution >= 4 is 17.2 Å². The molecule has 1 heterocycles. The molecule has 1 fully saturated rings. The molecule has 1 aliphatic rings. The number of likely N-dealkylation sites (tertiary alicyclic amines) is 1. The summed E-state index contributed by atoms with van der Waals surface area (Å²) in [4.78, 5) is 2.73. The molecule has 0 aromatic heterocycles. The first kappa shape index (κ1) is 9.89. The number of aliphatic hydroxyl groups is 1. The van der Waals surface area contributed by atoms with E-state index in [1.165, 1.54) is 0 Å². The van der Waals surface area contributed by atoms with Gasteiger partial charge in [0, 0.05) is 25.1 Å². The first-order valence-corrected chi connectivity index (χ1v) is 4.58. The minimum atomic E-state index is 0.0603. The predicted octanol–water partition coefficient (Wildman–Crippen LogP) is -0.0232. The standard InChI is InChI=1S/C8H16N2OS/c1-8(6-11)2-3-10(5-8)4-7(9)12/h11H,2-6H2,1H3,(H2,9,12). The monoisotopic (exact) mass is 188 g/mol. The Labute approximate surface area is 78.5 Å². The van der Waals surface area contributed by atoms with E-state index < -0.39 is 0 Å². The zero-order valence-corrected chi connectivity index (χ0v) is 8.23. The van der Waals surface area contributed by atoms with Gasteiger partial charge in [0.05, 0.1) is 4.99 Å². The summed E-state index contributed by atoms with van der Waals surface area (Å²) in [5, 5.41) is 9.09. The fourth-order valence-electron chi connectivity index (χ4n) is 1.61. The van der Waals surface area contributed by atoms with Crippen molar-refractivity contribution in [2.24, 2.45) is 11.1 Å². The van der Waals surface area contributed by atoms with E-state index in [1.54, 1.807) is 0 Å². The molecule has 1 aliphatic heterocycles. The second kappa shape index (κ2) is 3.68. The van der Waals surface area contributed by atoms with Crippen molar-refractivity contribution in [3.05, 3.63) is 0 Å². The van der Waals surface area contributed by atoms with E-state index in [2.05, 4.69) is 11.8 Å². The third-order valence-electron chi connectivity index (χ3n) is 2.40. The van der Waals surface area contributed by atoms with E-state index in [4.69, 9.17) is 23.1 Å². The third-order valence-corrected chi connectivity index (χ3v) is 2.53. The SMILES string of the molecule is CC1(CO)CCN(CC(N)=S)C1. The summed E-state index contributed by atoms with van der Waals surface area (Å²) in [5.74, 6) is 0. The van der Waals surface area contributed by atoms with E-state index in [-0.39, 0.29) is 12.0 Å². The second-order valence-corrected chi connectivity index (χ2v) is 4.42. The summed E-state index contributed by atoms with van der Waals surface area (Å²) in [6, 6.07) is 0. The number of nitrogens with zero attached hydrogens (tertiary/aromatic N) is 1. The number of rotatable bonds is 3. The summed E-state index contributed by atoms with van der Waals surface area (Å²) in [6.07, 6.45) is 1.03. The van der Waals surface area contributed by atoms with Gasteiger partial charge in [-0.2, -0.15) is 0 Å². The maximum Gasteiger partial charge on any atom is 0.0870 e. The first-order valence-electron chi connectivity index (χ1n) is 4.17. The van der Waals surface area contributed by atoms with Crippen LogP contribution in [0.5, 0.6) is 0 Å². The second-order valence-electron chi connectivity index (χ2n) is 3.90. The molecule has 3 nitrogen and oxygen atoms in total. The summed E-state index contributed by atoms with van der Waals surface area (Å²) >= 11 is 4.82. The molecule has 0 aliphatic carbocycles. The lowest BCUT2D eigenvalue weighted by Gasteiger charge is -2.21. The molecule has 0 spiro atoms. The highest BCUT2D eigenvalue weighted by molar-refractivity contribution is 7.80. The fraction of sp³-hybridized carbons (Fsp3) is 0.875. The molecule has 1 saturated heterocycles. The smallest absolute Gasteiger partial charge is 0.0870 e. The van der Waals surface area contributed by atoms with Crippen LogP contribution in [-0.2, 0) is 0 Å². The number of hydrogen-bond acceptors (Lipinski definition) is 3. The Morgan fingerprint density at radius 1 is 1.75 bits per heavy atom. The Hall–Kier alpha value is -0.190. The highest BCUT2D eigenvalue weighted by Crippen LogP contribution is 2.28. The summed E-state index contributed by atoms with van der Waals surface area (Å²) < 4.78 is 0. The van der Waals surface area contributed by atoms with Gasteiger partial charge < -0.3 is 10.8 Å². The third kappa shape index (κ3) is 2.40. The topological polar surface area (TPSA) is 49.5 Å². The van der Waals surface area contributed by atoms with Crippen LogP contribution in [0.1, 0.15) is 13.3 Å². The van der Waals surface area contributed by atoms with Gasteiger partial charge in [0.2, 0.25) is 0 Å². The van der Waals surface area contributed by atoms with Crippen molar-refractivity contribution < 1.29 is 5.11 Å². The fourth-order valence-corrected chi connectivity index (χ4v) is 1.79. The Bertz CT molecular complexity index is 186. The van der Waals surface area contributed by atoms with E-state index in [0.29, 0.717) is 11.5 Å². The summed E-state index contributed by atoms with van der Waals surface area (Å²) in [5.41, 5.74) is 5.49. The summed E-state index contributed by atoms with van der Waals surface area (Å²) in [6.45, 7) is 4.92. The number of thiocarbonyl (C=S) groups is 1. The summed E-state index contributed by atoms with van der Waals surface area (Å²) in [7, 11) is 0. The molecular weight excluding hydrogens is 172 g/mol. The lowest BCUT2D eigenvalue weighted by molar-refractivity contribution is 0.148. The van der Waals surface area contributed by atoms with Gasteiger partial charge in [0.25, 0.3) is 0 Å². The van der Waals surface area contributed by atoms with Crippen LogP contribution in [0.2, 0.25) is 0 Å². The van der Waals surface area contributed by atoms with Crippen LogP contribution in [0.25, 0.3) is 0 Å². The van der Waals surface area contributed by atoms with Crippen LogP contribution in [0.3, 0.4) is 0 Å². The molecule has 1 unspecified atom stereocenters. The Kier molecular flexibility index (Phi) is 3.04. The molecule has 0 aromatic carbocycles. The van der Waals surface area contributed by atoms with Gasteiger partial charge in [0.1, 0.15) is 0 Å². The maximum atomic E-state index is 9.09. The zero-order valence-electron chi connectivity index (χ0n) is 7.42. The van der Waals surface area contributed by atoms with E-state index in [1.807, 2.05) is 0 Å². The molecular formula is C8H16N2OS. The lowest BCUT2D eigenvalue weighted by Crippen LogP contribution is -2.33. The molecule has 70 valence electrons. The lowest BCUT2D eigenvalue weighted by atomic mass is 9.91. The molecule has 12 heavy (non-hydrogen) atoms. The molecule has 0 amide bonds. The minimum absolute atomic E-state index is 0.0603. The van der Waals surface area contributed by atoms with Crippen LogP contribution in [0.15, 0.2) is 0 Å². The van der Waals surface area contributed by atoms with Crippen molar-refractivity contribution in [1.82, 2.24) is 4.90 Å². The van der Waals surface area contributed by atoms with Crippen LogP contribution < -0.4 is 5.73 Å². The van der Waals surface area contributed by atoms with Crippen LogP contribution in [0.4, 0.5) is 0 Å². The largest absolute Gasteiger partial charge is 0.396 e. The predicted molar refractivity (Wildman–Crippen MR) is 53.0 cm³/mol. The van der Waals surface area contributed by atoms with Gasteiger partial charge in [-0.05, 0) is 13.0 Å². The van der Waals surface area contributed by atoms with E-state index in [0.717, 1.165) is 19.5 Å². The van der Waals surface area contributed by atoms with Crippen molar-refractivity contribution in [2.75, 3.05) is 26.2 Å². The maximum absolute atomic E-state index is 9.09. The van der Waals surface area contributed by atoms with Crippen molar-refractivity contribution in [3.63, 3.8) is 0 Å². The van der Waals surface area contributed by atoms with Crippen LogP contribution in [0, 0.1) is 5.41 Å². The van der Waals surface area contributed by atoms with Gasteiger partial charge in [-0.15, -0.1) is 0 Å². The molecule has 3 N–H and O–H groups in total. The molecule has 0 saturated carbocycles. The Morgan fingerprint density at radius 3 is 2.83 bits per heavy atom. The zero-order chi connectivity index (χ0) is 9.19. The Morgan fingerprint density at radius 2 is 2.42 bits per heavy atom. The van der Waals surface area contributed by atoms with Crippen LogP contribution >= 0.6 is 12.2 Å². The number of hydrogen-bond donors (Lipinski definition) is 2. The van der Waals surface area contributed by atoms with Crippen molar-refractivity contribution in [2.45, 2.75) is 13.3 Å². The molecule has 0 radical (unpaired) electrons. The quantitative estimate of drug-likeness (QED) is 0.611. The number of aliphatic hydroxyl groups excluding tert-OH is 1. The van der Waals surface area contributed by atoms with E-state index in [9.17, 15) is 0 Å². The molecule has 1 atom stereocenters. The van der Waals surface area contributed by atoms with Crippen molar-refractivity contribution in [1.29, 1.82) is 0 Å². The first-order chi connectivity index (χ1) is 5.56. The van der Waals surface area contributed by atoms with Gasteiger partial charge in [0.15, 0.2) is 0 Å². The molecule has 0 aromatic rings. The van der Waals surface area contributed by atoms with Gasteiger partial charge >= 0.3 is 0 Å².